The molecule has 0 saturated carbocycles. The molecule has 1 aliphatic carbocycles. The largest absolute Gasteiger partial charge is 0.390 e. The van der Waals surface area contributed by atoms with Gasteiger partial charge in [-0.15, -0.1) is 0 Å². The van der Waals surface area contributed by atoms with E-state index in [0.717, 1.165) is 12.8 Å². The summed E-state index contributed by atoms with van der Waals surface area (Å²) in [6.45, 7) is 7.17. The van der Waals surface area contributed by atoms with Gasteiger partial charge in [-0.3, -0.25) is 9.59 Å². The molecule has 1 N–H and O–H groups in total. The minimum absolute atomic E-state index is 0.0529. The molecule has 0 amide bonds. The highest BCUT2D eigenvalue weighted by atomic mass is 16.3. The van der Waals surface area contributed by atoms with E-state index in [1.807, 2.05) is 6.92 Å². The second kappa shape index (κ2) is 5.61. The van der Waals surface area contributed by atoms with Gasteiger partial charge in [-0.1, -0.05) is 13.3 Å². The summed E-state index contributed by atoms with van der Waals surface area (Å²) in [6.07, 6.45) is 5.23. The van der Waals surface area contributed by atoms with Gasteiger partial charge in [0.15, 0.2) is 11.6 Å². The minimum Gasteiger partial charge on any atom is -0.390 e. The first kappa shape index (κ1) is 14.8. The van der Waals surface area contributed by atoms with Crippen molar-refractivity contribution >= 4 is 11.6 Å². The van der Waals surface area contributed by atoms with Gasteiger partial charge in [0.1, 0.15) is 0 Å². The van der Waals surface area contributed by atoms with Crippen LogP contribution in [-0.4, -0.2) is 22.3 Å². The minimum atomic E-state index is -0.670. The molecule has 0 aliphatic heterocycles. The smallest absolute Gasteiger partial charge is 0.182 e. The lowest BCUT2D eigenvalue weighted by Gasteiger charge is -2.20. The molecule has 1 aliphatic rings. The van der Waals surface area contributed by atoms with E-state index in [1.54, 1.807) is 20.8 Å². The Bertz CT molecular complexity index is 408. The zero-order chi connectivity index (χ0) is 13.9. The number of allylic oxidation sites excluding steroid dienone is 4. The fourth-order valence-electron chi connectivity index (χ4n) is 2.06. The van der Waals surface area contributed by atoms with Crippen molar-refractivity contribution in [3.8, 4) is 0 Å². The predicted molar refractivity (Wildman–Crippen MR) is 71.2 cm³/mol. The lowest BCUT2D eigenvalue weighted by atomic mass is 9.86. The van der Waals surface area contributed by atoms with E-state index >= 15 is 0 Å². The van der Waals surface area contributed by atoms with Crippen LogP contribution in [0, 0.1) is 5.92 Å². The van der Waals surface area contributed by atoms with Crippen LogP contribution in [0.4, 0.5) is 0 Å². The van der Waals surface area contributed by atoms with E-state index in [4.69, 9.17) is 0 Å². The Kier molecular flexibility index (Phi) is 4.63. The first-order valence-electron chi connectivity index (χ1n) is 6.41. The van der Waals surface area contributed by atoms with Crippen LogP contribution in [0.2, 0.25) is 0 Å². The van der Waals surface area contributed by atoms with Gasteiger partial charge in [0.2, 0.25) is 0 Å². The highest BCUT2D eigenvalue weighted by Gasteiger charge is 2.22. The topological polar surface area (TPSA) is 54.4 Å². The van der Waals surface area contributed by atoms with Crippen molar-refractivity contribution in [3.05, 3.63) is 23.3 Å². The molecule has 1 unspecified atom stereocenters. The van der Waals surface area contributed by atoms with Crippen LogP contribution in [0.25, 0.3) is 0 Å². The molecule has 0 radical (unpaired) electrons. The second-order valence-corrected chi connectivity index (χ2v) is 5.76. The zero-order valence-electron chi connectivity index (χ0n) is 11.6. The third kappa shape index (κ3) is 4.22. The number of carbonyl (C=O) groups excluding carboxylic acids is 2. The number of hydrogen-bond acceptors (Lipinski definition) is 3. The van der Waals surface area contributed by atoms with Gasteiger partial charge in [-0.25, -0.2) is 0 Å². The maximum Gasteiger partial charge on any atom is 0.182 e. The van der Waals surface area contributed by atoms with E-state index in [-0.39, 0.29) is 17.5 Å². The van der Waals surface area contributed by atoms with Gasteiger partial charge in [0, 0.05) is 11.1 Å². The molecule has 1 atom stereocenters. The molecule has 1 rings (SSSR count). The van der Waals surface area contributed by atoms with Crippen molar-refractivity contribution in [2.75, 3.05) is 0 Å². The number of ketones is 2. The van der Waals surface area contributed by atoms with Crippen LogP contribution in [0.15, 0.2) is 23.3 Å². The van der Waals surface area contributed by atoms with Gasteiger partial charge in [-0.05, 0) is 51.7 Å². The van der Waals surface area contributed by atoms with E-state index in [2.05, 4.69) is 0 Å². The van der Waals surface area contributed by atoms with E-state index in [0.29, 0.717) is 17.6 Å². The van der Waals surface area contributed by atoms with Crippen LogP contribution in [-0.2, 0) is 9.59 Å². The molecule has 0 spiro atoms. The van der Waals surface area contributed by atoms with Gasteiger partial charge < -0.3 is 5.11 Å². The highest BCUT2D eigenvalue weighted by molar-refractivity contribution is 6.19. The molecule has 0 heterocycles. The van der Waals surface area contributed by atoms with Crippen molar-refractivity contribution in [1.82, 2.24) is 0 Å². The van der Waals surface area contributed by atoms with Crippen molar-refractivity contribution < 1.29 is 14.7 Å². The number of aliphatic hydroxyl groups is 1. The Morgan fingerprint density at radius 2 is 1.83 bits per heavy atom. The normalized spacial score (nSPS) is 18.5. The molecule has 3 heteroatoms. The van der Waals surface area contributed by atoms with Crippen LogP contribution in [0.3, 0.4) is 0 Å². The summed E-state index contributed by atoms with van der Waals surface area (Å²) in [5, 5.41) is 9.62. The quantitative estimate of drug-likeness (QED) is 0.763. The van der Waals surface area contributed by atoms with Crippen molar-refractivity contribution in [2.45, 2.75) is 52.6 Å². The Labute approximate surface area is 109 Å². The lowest BCUT2D eigenvalue weighted by molar-refractivity contribution is -0.115. The summed E-state index contributed by atoms with van der Waals surface area (Å²) in [4.78, 5) is 23.4. The van der Waals surface area contributed by atoms with Crippen molar-refractivity contribution in [1.29, 1.82) is 0 Å². The molecule has 0 fully saturated rings. The summed E-state index contributed by atoms with van der Waals surface area (Å²) >= 11 is 0. The Hall–Kier alpha value is -1.22. The molecular weight excluding hydrogens is 228 g/mol. The monoisotopic (exact) mass is 250 g/mol. The van der Waals surface area contributed by atoms with Gasteiger partial charge in [-0.2, -0.15) is 0 Å². The fourth-order valence-corrected chi connectivity index (χ4v) is 2.06. The van der Waals surface area contributed by atoms with Crippen LogP contribution in [0.5, 0.6) is 0 Å². The standard InChI is InChI=1S/C15H22O3/c1-10(6-5-7-15(3,4)18)12-9-13(16)11(2)8-14(12)17/h8-10,18H,5-7H2,1-4H3. The summed E-state index contributed by atoms with van der Waals surface area (Å²) in [5.41, 5.74) is 0.436. The van der Waals surface area contributed by atoms with E-state index in [1.165, 1.54) is 12.2 Å². The molecule has 0 saturated heterocycles. The van der Waals surface area contributed by atoms with E-state index in [9.17, 15) is 14.7 Å². The third-order valence-corrected chi connectivity index (χ3v) is 3.26. The van der Waals surface area contributed by atoms with Gasteiger partial charge in [0.05, 0.1) is 5.60 Å². The molecule has 0 aromatic carbocycles. The summed E-state index contributed by atoms with van der Waals surface area (Å²) < 4.78 is 0. The maximum absolute atomic E-state index is 11.8. The van der Waals surface area contributed by atoms with Crippen molar-refractivity contribution in [2.24, 2.45) is 5.92 Å². The van der Waals surface area contributed by atoms with Crippen LogP contribution in [0.1, 0.15) is 47.0 Å². The maximum atomic E-state index is 11.8. The lowest BCUT2D eigenvalue weighted by Crippen LogP contribution is -2.20. The first-order chi connectivity index (χ1) is 8.20. The Balaban J connectivity index is 2.58. The molecule has 0 aromatic heterocycles. The van der Waals surface area contributed by atoms with Crippen LogP contribution >= 0.6 is 0 Å². The van der Waals surface area contributed by atoms with Crippen LogP contribution < -0.4 is 0 Å². The van der Waals surface area contributed by atoms with Gasteiger partial charge >= 0.3 is 0 Å². The number of rotatable bonds is 5. The fraction of sp³-hybridized carbons (Fsp3) is 0.600. The molecule has 3 nitrogen and oxygen atoms in total. The predicted octanol–water partition coefficient (Wildman–Crippen LogP) is 2.59. The Morgan fingerprint density at radius 3 is 2.39 bits per heavy atom. The summed E-state index contributed by atoms with van der Waals surface area (Å²) in [6, 6.07) is 0. The second-order valence-electron chi connectivity index (χ2n) is 5.76. The van der Waals surface area contributed by atoms with E-state index < -0.39 is 5.60 Å². The average Bonchev–Trinajstić information content (AvgIpc) is 2.21. The van der Waals surface area contributed by atoms with Crippen molar-refractivity contribution in [3.63, 3.8) is 0 Å². The number of hydrogen-bond donors (Lipinski definition) is 1. The molecule has 0 bridgehead atoms. The summed E-state index contributed by atoms with van der Waals surface area (Å²) in [5.74, 6) is -0.0602. The first-order valence-corrected chi connectivity index (χ1v) is 6.41. The van der Waals surface area contributed by atoms with Gasteiger partial charge in [0.25, 0.3) is 0 Å². The molecule has 0 aromatic rings. The Morgan fingerprint density at radius 1 is 1.22 bits per heavy atom. The molecule has 18 heavy (non-hydrogen) atoms. The SMILES string of the molecule is CC1=CC(=O)C(C(C)CCCC(C)(C)O)=CC1=O. The average molecular weight is 250 g/mol. The molecular formula is C15H22O3. The zero-order valence-corrected chi connectivity index (χ0v) is 11.6. The summed E-state index contributed by atoms with van der Waals surface area (Å²) in [7, 11) is 0. The number of carbonyl (C=O) groups is 2. The highest BCUT2D eigenvalue weighted by Crippen LogP contribution is 2.24. The molecule has 100 valence electrons. The third-order valence-electron chi connectivity index (χ3n) is 3.26.